The van der Waals surface area contributed by atoms with E-state index in [-0.39, 0.29) is 0 Å². The molecule has 2 rings (SSSR count). The maximum Gasteiger partial charge on any atom is 0.193 e. The van der Waals surface area contributed by atoms with Crippen molar-refractivity contribution < 1.29 is 4.74 Å². The van der Waals surface area contributed by atoms with Gasteiger partial charge < -0.3 is 15.0 Å². The van der Waals surface area contributed by atoms with Crippen molar-refractivity contribution in [3.05, 3.63) is 29.8 Å². The quantitative estimate of drug-likeness (QED) is 0.498. The summed E-state index contributed by atoms with van der Waals surface area (Å²) < 4.78 is 5.23. The third-order valence-corrected chi connectivity index (χ3v) is 4.35. The van der Waals surface area contributed by atoms with Gasteiger partial charge in [-0.3, -0.25) is 4.99 Å². The first-order valence-corrected chi connectivity index (χ1v) is 8.38. The zero-order valence-corrected chi connectivity index (χ0v) is 14.1. The number of hydrogen-bond acceptors (Lipinski definition) is 2. The van der Waals surface area contributed by atoms with Gasteiger partial charge >= 0.3 is 0 Å². The van der Waals surface area contributed by atoms with Gasteiger partial charge in [-0.25, -0.2) is 0 Å². The lowest BCUT2D eigenvalue weighted by atomic mass is 9.98. The van der Waals surface area contributed by atoms with Crippen LogP contribution in [0.15, 0.2) is 29.3 Å². The van der Waals surface area contributed by atoms with Gasteiger partial charge in [0.15, 0.2) is 5.96 Å². The molecule has 0 radical (unpaired) electrons. The Kier molecular flexibility index (Phi) is 6.56. The number of benzene rings is 1. The van der Waals surface area contributed by atoms with Crippen molar-refractivity contribution in [1.29, 1.82) is 0 Å². The molecule has 1 aliphatic heterocycles. The van der Waals surface area contributed by atoms with Gasteiger partial charge in [-0.2, -0.15) is 0 Å². The Morgan fingerprint density at radius 1 is 1.32 bits per heavy atom. The second-order valence-electron chi connectivity index (χ2n) is 5.89. The summed E-state index contributed by atoms with van der Waals surface area (Å²) in [6.45, 7) is 5.36. The van der Waals surface area contributed by atoms with Gasteiger partial charge in [0.2, 0.25) is 0 Å². The molecule has 4 heteroatoms. The monoisotopic (exact) mass is 303 g/mol. The highest BCUT2D eigenvalue weighted by Gasteiger charge is 2.25. The highest BCUT2D eigenvalue weighted by atomic mass is 16.5. The van der Waals surface area contributed by atoms with Gasteiger partial charge in [-0.1, -0.05) is 31.9 Å². The SMILES string of the molecule is CCCCCNC(=NC)N1CCC(c2ccc(OC)cc2)C1. The molecule has 1 N–H and O–H groups in total. The van der Waals surface area contributed by atoms with E-state index >= 15 is 0 Å². The minimum Gasteiger partial charge on any atom is -0.497 e. The Hall–Kier alpha value is -1.71. The number of methoxy groups -OCH3 is 1. The van der Waals surface area contributed by atoms with Crippen LogP contribution in [-0.2, 0) is 0 Å². The van der Waals surface area contributed by atoms with Gasteiger partial charge in [0, 0.05) is 32.6 Å². The van der Waals surface area contributed by atoms with Crippen LogP contribution in [0.3, 0.4) is 0 Å². The number of nitrogens with one attached hydrogen (secondary N) is 1. The van der Waals surface area contributed by atoms with Crippen LogP contribution in [0, 0.1) is 0 Å². The topological polar surface area (TPSA) is 36.9 Å². The summed E-state index contributed by atoms with van der Waals surface area (Å²) in [7, 11) is 3.59. The smallest absolute Gasteiger partial charge is 0.193 e. The molecule has 1 aromatic carbocycles. The maximum absolute atomic E-state index is 5.23. The number of nitrogens with zero attached hydrogens (tertiary/aromatic N) is 2. The van der Waals surface area contributed by atoms with E-state index < -0.39 is 0 Å². The number of ether oxygens (including phenoxy) is 1. The molecule has 1 aliphatic rings. The largest absolute Gasteiger partial charge is 0.497 e. The third-order valence-electron chi connectivity index (χ3n) is 4.35. The molecule has 22 heavy (non-hydrogen) atoms. The van der Waals surface area contributed by atoms with Crippen LogP contribution in [0.1, 0.15) is 44.1 Å². The zero-order valence-electron chi connectivity index (χ0n) is 14.1. The average Bonchev–Trinajstić information content (AvgIpc) is 3.05. The van der Waals surface area contributed by atoms with Crippen LogP contribution in [-0.4, -0.2) is 44.7 Å². The molecule has 1 aromatic rings. The normalized spacial score (nSPS) is 18.6. The second-order valence-corrected chi connectivity index (χ2v) is 5.89. The van der Waals surface area contributed by atoms with Crippen LogP contribution < -0.4 is 10.1 Å². The lowest BCUT2D eigenvalue weighted by Gasteiger charge is -2.21. The van der Waals surface area contributed by atoms with E-state index in [1.165, 1.54) is 31.2 Å². The molecule has 1 atom stereocenters. The predicted octanol–water partition coefficient (Wildman–Crippen LogP) is 3.25. The molecule has 1 heterocycles. The first kappa shape index (κ1) is 16.7. The Bertz CT molecular complexity index is 470. The minimum atomic E-state index is 0.583. The summed E-state index contributed by atoms with van der Waals surface area (Å²) in [6, 6.07) is 8.47. The lowest BCUT2D eigenvalue weighted by Crippen LogP contribution is -2.40. The molecule has 0 saturated carbocycles. The average molecular weight is 303 g/mol. The van der Waals surface area contributed by atoms with Crippen molar-refractivity contribution >= 4 is 5.96 Å². The number of aliphatic imine (C=N–C) groups is 1. The number of hydrogen-bond donors (Lipinski definition) is 1. The van der Waals surface area contributed by atoms with E-state index in [0.29, 0.717) is 5.92 Å². The Balaban J connectivity index is 1.87. The Morgan fingerprint density at radius 2 is 2.09 bits per heavy atom. The van der Waals surface area contributed by atoms with Gasteiger partial charge in [0.25, 0.3) is 0 Å². The summed E-state index contributed by atoms with van der Waals surface area (Å²) in [5.41, 5.74) is 1.39. The highest BCUT2D eigenvalue weighted by Crippen LogP contribution is 2.28. The molecule has 0 amide bonds. The van der Waals surface area contributed by atoms with E-state index in [4.69, 9.17) is 4.74 Å². The summed E-state index contributed by atoms with van der Waals surface area (Å²) in [5.74, 6) is 2.55. The van der Waals surface area contributed by atoms with Crippen LogP contribution in [0.25, 0.3) is 0 Å². The van der Waals surface area contributed by atoms with Crippen LogP contribution >= 0.6 is 0 Å². The first-order chi connectivity index (χ1) is 10.8. The molecule has 0 bridgehead atoms. The molecule has 1 saturated heterocycles. The molecule has 4 nitrogen and oxygen atoms in total. The van der Waals surface area contributed by atoms with Gasteiger partial charge in [0.1, 0.15) is 5.75 Å². The summed E-state index contributed by atoms with van der Waals surface area (Å²) in [6.07, 6.45) is 4.93. The van der Waals surface area contributed by atoms with Gasteiger partial charge in [-0.15, -0.1) is 0 Å². The van der Waals surface area contributed by atoms with Crippen molar-refractivity contribution in [3.63, 3.8) is 0 Å². The summed E-state index contributed by atoms with van der Waals surface area (Å²) >= 11 is 0. The molecular formula is C18H29N3O. The number of guanidine groups is 1. The molecule has 122 valence electrons. The molecule has 0 aliphatic carbocycles. The van der Waals surface area contributed by atoms with E-state index in [1.807, 2.05) is 7.05 Å². The van der Waals surface area contributed by atoms with E-state index in [9.17, 15) is 0 Å². The van der Waals surface area contributed by atoms with Crippen molar-refractivity contribution in [2.75, 3.05) is 33.8 Å². The Morgan fingerprint density at radius 3 is 2.73 bits per heavy atom. The van der Waals surface area contributed by atoms with Gasteiger partial charge in [0.05, 0.1) is 7.11 Å². The third kappa shape index (κ3) is 4.39. The van der Waals surface area contributed by atoms with Crippen molar-refractivity contribution in [2.45, 2.75) is 38.5 Å². The molecule has 1 unspecified atom stereocenters. The van der Waals surface area contributed by atoms with E-state index in [1.54, 1.807) is 7.11 Å². The molecule has 0 aromatic heterocycles. The van der Waals surface area contributed by atoms with E-state index in [2.05, 4.69) is 46.4 Å². The van der Waals surface area contributed by atoms with Crippen molar-refractivity contribution in [3.8, 4) is 5.75 Å². The fourth-order valence-corrected chi connectivity index (χ4v) is 3.01. The summed E-state index contributed by atoms with van der Waals surface area (Å²) in [4.78, 5) is 6.81. The van der Waals surface area contributed by atoms with Crippen LogP contribution in [0.2, 0.25) is 0 Å². The first-order valence-electron chi connectivity index (χ1n) is 8.38. The Labute approximate surface area is 134 Å². The number of unbranched alkanes of at least 4 members (excludes halogenated alkanes) is 2. The second kappa shape index (κ2) is 8.66. The van der Waals surface area contributed by atoms with E-state index in [0.717, 1.165) is 31.3 Å². The lowest BCUT2D eigenvalue weighted by molar-refractivity contribution is 0.414. The highest BCUT2D eigenvalue weighted by molar-refractivity contribution is 5.80. The predicted molar refractivity (Wildman–Crippen MR) is 92.8 cm³/mol. The minimum absolute atomic E-state index is 0.583. The number of likely N-dealkylation sites (tertiary alicyclic amines) is 1. The van der Waals surface area contributed by atoms with Crippen molar-refractivity contribution in [2.24, 2.45) is 4.99 Å². The standard InChI is InChI=1S/C18H29N3O/c1-4-5-6-12-20-18(19-2)21-13-11-16(14-21)15-7-9-17(22-3)10-8-15/h7-10,16H,4-6,11-14H2,1-3H3,(H,19,20). The fraction of sp³-hybridized carbons (Fsp3) is 0.611. The number of rotatable bonds is 6. The summed E-state index contributed by atoms with van der Waals surface area (Å²) in [5, 5.41) is 3.49. The molecule has 1 fully saturated rings. The molecule has 0 spiro atoms. The zero-order chi connectivity index (χ0) is 15.8. The molecular weight excluding hydrogens is 274 g/mol. The maximum atomic E-state index is 5.23. The van der Waals surface area contributed by atoms with Crippen LogP contribution in [0.4, 0.5) is 0 Å². The van der Waals surface area contributed by atoms with Gasteiger partial charge in [-0.05, 0) is 30.5 Å². The van der Waals surface area contributed by atoms with Crippen molar-refractivity contribution in [1.82, 2.24) is 10.2 Å². The van der Waals surface area contributed by atoms with Crippen LogP contribution in [0.5, 0.6) is 5.75 Å². The fourth-order valence-electron chi connectivity index (χ4n) is 3.01.